The van der Waals surface area contributed by atoms with E-state index < -0.39 is 34.0 Å². The third-order valence-electron chi connectivity index (χ3n) is 14.6. The summed E-state index contributed by atoms with van der Waals surface area (Å²) in [6.07, 6.45) is 13.2. The standard InChI is InChI=1S/C43H53NO6/c1-4-49-38(47)44(27-31-13-10-24-50-31)28-42(48)21-18-36-40(42,3)20-17-35-39(2)19-16-30(45)25-41(39)22-23-43(35,36)34(26-41)37(46)33-15-9-8-14-32(33)29-11-6-5-7-12-29/h5-9,11-12,14-15,22-23,26,30-31,35-36,45,48H,4,10,13,16-21,24-25,27-28H2,1-3H3/t30?,31-,35-,36-,39-,40+,41+,42-,43-/m1/s1. The fourth-order valence-corrected chi connectivity index (χ4v) is 12.1. The molecule has 1 aliphatic heterocycles. The highest BCUT2D eigenvalue weighted by Gasteiger charge is 2.74. The molecule has 4 fully saturated rings. The summed E-state index contributed by atoms with van der Waals surface area (Å²) in [7, 11) is 0. The Morgan fingerprint density at radius 1 is 0.920 bits per heavy atom. The Labute approximate surface area is 296 Å². The number of Topliss-reactive ketones (excluding diaryl/α,β-unsaturated/α-hetero) is 1. The molecule has 2 aromatic rings. The SMILES string of the molecule is CCOC(=O)N(C[C@H]1CCCO1)C[C@]1(O)CC[C@H]2[C@]34C=C[C@@]5(C=C3C(=O)c3ccccc3-c3ccccc3)CC(O)CC[C@]5(C)[C@H]4CC[C@@]21C. The zero-order valence-electron chi connectivity index (χ0n) is 29.9. The lowest BCUT2D eigenvalue weighted by Gasteiger charge is -2.71. The number of nitrogens with zero attached hydrogens (tertiary/aromatic N) is 1. The number of amides is 1. The van der Waals surface area contributed by atoms with E-state index in [-0.39, 0.29) is 42.3 Å². The molecular formula is C43H53NO6. The van der Waals surface area contributed by atoms with Crippen LogP contribution in [0.5, 0.6) is 0 Å². The van der Waals surface area contributed by atoms with Crippen LogP contribution in [0.3, 0.4) is 0 Å². The molecule has 1 saturated heterocycles. The number of allylic oxidation sites excluding steroid dienone is 4. The molecule has 2 aromatic carbocycles. The van der Waals surface area contributed by atoms with Crippen molar-refractivity contribution in [1.82, 2.24) is 4.90 Å². The molecule has 7 aliphatic rings. The third-order valence-corrected chi connectivity index (χ3v) is 14.6. The molecule has 3 saturated carbocycles. The average molecular weight is 680 g/mol. The molecule has 1 heterocycles. The summed E-state index contributed by atoms with van der Waals surface area (Å²) in [5, 5.41) is 24.0. The van der Waals surface area contributed by atoms with Crippen molar-refractivity contribution < 1.29 is 29.3 Å². The fourth-order valence-electron chi connectivity index (χ4n) is 12.1. The van der Waals surface area contributed by atoms with Gasteiger partial charge in [0.2, 0.25) is 0 Å². The van der Waals surface area contributed by atoms with E-state index in [1.54, 1.807) is 4.90 Å². The zero-order valence-corrected chi connectivity index (χ0v) is 29.9. The van der Waals surface area contributed by atoms with Crippen LogP contribution in [0.1, 0.15) is 88.9 Å². The van der Waals surface area contributed by atoms with Crippen molar-refractivity contribution in [2.75, 3.05) is 26.3 Å². The van der Waals surface area contributed by atoms with E-state index in [9.17, 15) is 15.0 Å². The number of hydrogen-bond acceptors (Lipinski definition) is 6. The highest BCUT2D eigenvalue weighted by Crippen LogP contribution is 2.78. The van der Waals surface area contributed by atoms with E-state index in [0.717, 1.165) is 61.6 Å². The maximum atomic E-state index is 15.4. The van der Waals surface area contributed by atoms with Gasteiger partial charge in [-0.15, -0.1) is 0 Å². The molecule has 266 valence electrons. The Kier molecular flexibility index (Phi) is 8.24. The minimum Gasteiger partial charge on any atom is -0.450 e. The predicted octanol–water partition coefficient (Wildman–Crippen LogP) is 7.76. The highest BCUT2D eigenvalue weighted by atomic mass is 16.6. The van der Waals surface area contributed by atoms with Gasteiger partial charge in [0, 0.05) is 34.0 Å². The number of hydrogen-bond donors (Lipinski definition) is 2. The van der Waals surface area contributed by atoms with E-state index in [1.165, 1.54) is 0 Å². The van der Waals surface area contributed by atoms with Crippen LogP contribution in [0, 0.1) is 33.5 Å². The van der Waals surface area contributed by atoms with Crippen LogP contribution in [0.2, 0.25) is 0 Å². The van der Waals surface area contributed by atoms with Gasteiger partial charge < -0.3 is 24.6 Å². The second kappa shape index (κ2) is 12.2. The van der Waals surface area contributed by atoms with Gasteiger partial charge in [-0.3, -0.25) is 4.79 Å². The first-order valence-corrected chi connectivity index (χ1v) is 19.1. The molecule has 7 nitrogen and oxygen atoms in total. The summed E-state index contributed by atoms with van der Waals surface area (Å²) in [6, 6.07) is 18.1. The van der Waals surface area contributed by atoms with Crippen LogP contribution in [0.25, 0.3) is 11.1 Å². The van der Waals surface area contributed by atoms with Crippen LogP contribution in [0.15, 0.2) is 78.4 Å². The number of ether oxygens (including phenoxy) is 2. The van der Waals surface area contributed by atoms with E-state index in [2.05, 4.69) is 44.2 Å². The van der Waals surface area contributed by atoms with Crippen molar-refractivity contribution in [2.45, 2.75) is 96.4 Å². The number of fused-ring (bicyclic) bond motifs is 1. The van der Waals surface area contributed by atoms with E-state index in [4.69, 9.17) is 9.47 Å². The minimum absolute atomic E-state index is 0.0113. The monoisotopic (exact) mass is 679 g/mol. The Morgan fingerprint density at radius 3 is 2.40 bits per heavy atom. The van der Waals surface area contributed by atoms with E-state index in [0.29, 0.717) is 31.6 Å². The van der Waals surface area contributed by atoms with E-state index >= 15 is 4.79 Å². The number of aliphatic hydroxyl groups excluding tert-OH is 1. The molecule has 1 amide bonds. The van der Waals surface area contributed by atoms with Crippen molar-refractivity contribution in [3.8, 4) is 11.1 Å². The van der Waals surface area contributed by atoms with Crippen molar-refractivity contribution in [3.05, 3.63) is 84.0 Å². The summed E-state index contributed by atoms with van der Waals surface area (Å²) >= 11 is 0. The lowest BCUT2D eigenvalue weighted by Crippen LogP contribution is -2.67. The number of ketones is 1. The van der Waals surface area contributed by atoms with Gasteiger partial charge in [-0.25, -0.2) is 4.79 Å². The molecule has 2 N–H and O–H groups in total. The first-order valence-electron chi connectivity index (χ1n) is 19.1. The summed E-state index contributed by atoms with van der Waals surface area (Å²) in [5.74, 6) is 0.225. The van der Waals surface area contributed by atoms with Crippen LogP contribution in [-0.4, -0.2) is 71.1 Å². The molecule has 2 bridgehead atoms. The normalized spacial score (nSPS) is 39.7. The lowest BCUT2D eigenvalue weighted by molar-refractivity contribution is -0.175. The number of rotatable bonds is 8. The number of benzene rings is 2. The Hall–Kier alpha value is -3.26. The van der Waals surface area contributed by atoms with Gasteiger partial charge in [0.05, 0.1) is 37.5 Å². The Morgan fingerprint density at radius 2 is 1.64 bits per heavy atom. The predicted molar refractivity (Wildman–Crippen MR) is 192 cm³/mol. The minimum atomic E-state index is -1.16. The molecule has 7 heteroatoms. The molecule has 2 spiro atoms. The zero-order chi connectivity index (χ0) is 34.9. The topological polar surface area (TPSA) is 96.3 Å². The molecule has 9 rings (SSSR count). The Bertz CT molecular complexity index is 1710. The van der Waals surface area contributed by atoms with Crippen molar-refractivity contribution in [3.63, 3.8) is 0 Å². The van der Waals surface area contributed by atoms with Crippen LogP contribution >= 0.6 is 0 Å². The quantitative estimate of drug-likeness (QED) is 0.219. The lowest BCUT2D eigenvalue weighted by atomic mass is 9.32. The number of carbonyl (C=O) groups excluding carboxylic acids is 2. The summed E-state index contributed by atoms with van der Waals surface area (Å²) < 4.78 is 11.5. The molecule has 6 aliphatic carbocycles. The number of carbonyl (C=O) groups is 2. The van der Waals surface area contributed by atoms with E-state index in [1.807, 2.05) is 49.4 Å². The first-order chi connectivity index (χ1) is 24.0. The van der Waals surface area contributed by atoms with Gasteiger partial charge in [-0.2, -0.15) is 0 Å². The Balaban J connectivity index is 1.23. The van der Waals surface area contributed by atoms with Gasteiger partial charge >= 0.3 is 6.09 Å². The highest BCUT2D eigenvalue weighted by molar-refractivity contribution is 6.14. The molecule has 0 radical (unpaired) electrons. The first kappa shape index (κ1) is 33.9. The van der Waals surface area contributed by atoms with Crippen LogP contribution in [-0.2, 0) is 9.47 Å². The maximum absolute atomic E-state index is 15.4. The second-order valence-electron chi connectivity index (χ2n) is 16.8. The molecule has 9 atom stereocenters. The largest absolute Gasteiger partial charge is 0.450 e. The van der Waals surface area contributed by atoms with Crippen LogP contribution in [0.4, 0.5) is 4.79 Å². The van der Waals surface area contributed by atoms with Gasteiger partial charge in [-0.1, -0.05) is 86.7 Å². The van der Waals surface area contributed by atoms with Crippen molar-refractivity contribution >= 4 is 11.9 Å². The molecule has 1 unspecified atom stereocenters. The summed E-state index contributed by atoms with van der Waals surface area (Å²) in [6.45, 7) is 7.99. The summed E-state index contributed by atoms with van der Waals surface area (Å²) in [5.41, 5.74) is 0.616. The molecule has 0 aromatic heterocycles. The van der Waals surface area contributed by atoms with Gasteiger partial charge in [-0.05, 0) is 93.1 Å². The van der Waals surface area contributed by atoms with Crippen molar-refractivity contribution in [1.29, 1.82) is 0 Å². The second-order valence-corrected chi connectivity index (χ2v) is 16.8. The third kappa shape index (κ3) is 4.79. The van der Waals surface area contributed by atoms with Gasteiger partial charge in [0.25, 0.3) is 0 Å². The van der Waals surface area contributed by atoms with Crippen LogP contribution < -0.4 is 0 Å². The molecular weight excluding hydrogens is 626 g/mol. The fraction of sp³-hybridized carbons (Fsp3) is 0.581. The molecule has 50 heavy (non-hydrogen) atoms. The average Bonchev–Trinajstić information content (AvgIpc) is 3.73. The van der Waals surface area contributed by atoms with Gasteiger partial charge in [0.15, 0.2) is 5.78 Å². The summed E-state index contributed by atoms with van der Waals surface area (Å²) in [4.78, 5) is 30.5. The maximum Gasteiger partial charge on any atom is 0.409 e. The number of aliphatic hydroxyl groups is 2. The smallest absolute Gasteiger partial charge is 0.409 e. The van der Waals surface area contributed by atoms with Gasteiger partial charge in [0.1, 0.15) is 0 Å². The van der Waals surface area contributed by atoms with Crippen molar-refractivity contribution in [2.24, 2.45) is 33.5 Å².